The molecule has 1 heterocycles. The standard InChI is InChI=1S/C14H25N3O/c1-3-17(13-6-4-5-7-13)14(18)11-16-9-8-15-10-12(16)2/h6,12,15H,3-5,7-11H2,1-2H3/t12-/m0/s1. The van der Waals surface area contributed by atoms with Crippen molar-refractivity contribution < 1.29 is 4.79 Å². The quantitative estimate of drug-likeness (QED) is 0.815. The Balaban J connectivity index is 1.92. The maximum Gasteiger partial charge on any atom is 0.240 e. The van der Waals surface area contributed by atoms with E-state index in [0.717, 1.165) is 39.0 Å². The van der Waals surface area contributed by atoms with Gasteiger partial charge < -0.3 is 10.2 Å². The summed E-state index contributed by atoms with van der Waals surface area (Å²) in [6, 6.07) is 0.457. The molecule has 4 nitrogen and oxygen atoms in total. The van der Waals surface area contributed by atoms with Gasteiger partial charge in [-0.25, -0.2) is 0 Å². The number of hydrogen-bond acceptors (Lipinski definition) is 3. The minimum Gasteiger partial charge on any atom is -0.316 e. The van der Waals surface area contributed by atoms with Crippen LogP contribution < -0.4 is 5.32 Å². The van der Waals surface area contributed by atoms with Crippen molar-refractivity contribution >= 4 is 5.91 Å². The van der Waals surface area contributed by atoms with Crippen LogP contribution in [0.4, 0.5) is 0 Å². The predicted molar refractivity (Wildman–Crippen MR) is 73.2 cm³/mol. The molecule has 0 aromatic rings. The third-order valence-corrected chi connectivity index (χ3v) is 3.96. The van der Waals surface area contributed by atoms with Gasteiger partial charge in [-0.2, -0.15) is 0 Å². The minimum absolute atomic E-state index is 0.263. The molecule has 0 aromatic heterocycles. The summed E-state index contributed by atoms with van der Waals surface area (Å²) in [6.45, 7) is 8.57. The smallest absolute Gasteiger partial charge is 0.240 e. The van der Waals surface area contributed by atoms with Gasteiger partial charge in [0.05, 0.1) is 6.54 Å². The Morgan fingerprint density at radius 2 is 2.44 bits per heavy atom. The first-order valence-corrected chi connectivity index (χ1v) is 7.16. The van der Waals surface area contributed by atoms with Crippen LogP contribution >= 0.6 is 0 Å². The number of nitrogens with one attached hydrogen (secondary N) is 1. The summed E-state index contributed by atoms with van der Waals surface area (Å²) < 4.78 is 0. The SMILES string of the molecule is CCN(C(=O)CN1CCNC[C@@H]1C)C1=CCCC1. The monoisotopic (exact) mass is 251 g/mol. The van der Waals surface area contributed by atoms with Gasteiger partial charge in [-0.1, -0.05) is 6.08 Å². The highest BCUT2D eigenvalue weighted by molar-refractivity contribution is 5.80. The van der Waals surface area contributed by atoms with Crippen molar-refractivity contribution in [2.24, 2.45) is 0 Å². The maximum absolute atomic E-state index is 12.4. The molecular formula is C14H25N3O. The highest BCUT2D eigenvalue weighted by Crippen LogP contribution is 2.21. The van der Waals surface area contributed by atoms with Crippen LogP contribution in [-0.2, 0) is 4.79 Å². The van der Waals surface area contributed by atoms with Crippen molar-refractivity contribution in [1.82, 2.24) is 15.1 Å². The topological polar surface area (TPSA) is 35.6 Å². The molecule has 1 atom stereocenters. The van der Waals surface area contributed by atoms with Gasteiger partial charge in [0.2, 0.25) is 5.91 Å². The fraction of sp³-hybridized carbons (Fsp3) is 0.786. The summed E-state index contributed by atoms with van der Waals surface area (Å²) in [7, 11) is 0. The zero-order valence-corrected chi connectivity index (χ0v) is 11.6. The molecule has 0 spiro atoms. The van der Waals surface area contributed by atoms with Gasteiger partial charge in [-0.05, 0) is 33.1 Å². The Bertz CT molecular complexity index is 327. The number of amides is 1. The third-order valence-electron chi connectivity index (χ3n) is 3.96. The Morgan fingerprint density at radius 1 is 1.61 bits per heavy atom. The number of hydrogen-bond donors (Lipinski definition) is 1. The maximum atomic E-state index is 12.4. The van der Waals surface area contributed by atoms with Gasteiger partial charge in [0.15, 0.2) is 0 Å². The van der Waals surface area contributed by atoms with E-state index in [4.69, 9.17) is 0 Å². The molecule has 1 aliphatic heterocycles. The van der Waals surface area contributed by atoms with Crippen molar-refractivity contribution in [3.05, 3.63) is 11.8 Å². The number of nitrogens with zero attached hydrogens (tertiary/aromatic N) is 2. The number of piperazine rings is 1. The molecule has 0 unspecified atom stereocenters. The average molecular weight is 251 g/mol. The number of carbonyl (C=O) groups is 1. The van der Waals surface area contributed by atoms with Crippen molar-refractivity contribution in [3.63, 3.8) is 0 Å². The van der Waals surface area contributed by atoms with Crippen LogP contribution in [0, 0.1) is 0 Å². The van der Waals surface area contributed by atoms with Gasteiger partial charge in [-0.3, -0.25) is 9.69 Å². The van der Waals surface area contributed by atoms with Gasteiger partial charge in [0.1, 0.15) is 0 Å². The van der Waals surface area contributed by atoms with Gasteiger partial charge in [-0.15, -0.1) is 0 Å². The first kappa shape index (κ1) is 13.6. The number of carbonyl (C=O) groups excluding carboxylic acids is 1. The normalized spacial score (nSPS) is 25.0. The predicted octanol–water partition coefficient (Wildman–Crippen LogP) is 1.20. The van der Waals surface area contributed by atoms with Crippen molar-refractivity contribution in [2.75, 3.05) is 32.7 Å². The Hall–Kier alpha value is -0.870. The van der Waals surface area contributed by atoms with E-state index >= 15 is 0 Å². The summed E-state index contributed by atoms with van der Waals surface area (Å²) in [5.41, 5.74) is 1.24. The summed E-state index contributed by atoms with van der Waals surface area (Å²) in [6.07, 6.45) is 5.62. The van der Waals surface area contributed by atoms with Gasteiger partial charge in [0, 0.05) is 37.9 Å². The summed E-state index contributed by atoms with van der Waals surface area (Å²) in [5, 5.41) is 3.36. The van der Waals surface area contributed by atoms with E-state index in [-0.39, 0.29) is 5.91 Å². The fourth-order valence-electron chi connectivity index (χ4n) is 2.82. The second kappa shape index (κ2) is 6.34. The summed E-state index contributed by atoms with van der Waals surface area (Å²) in [5.74, 6) is 0.263. The van der Waals surface area contributed by atoms with E-state index in [1.54, 1.807) is 0 Å². The van der Waals surface area contributed by atoms with E-state index in [1.807, 2.05) is 4.90 Å². The van der Waals surface area contributed by atoms with Crippen LogP contribution in [0.15, 0.2) is 11.8 Å². The second-order valence-electron chi connectivity index (χ2n) is 5.25. The van der Waals surface area contributed by atoms with Crippen molar-refractivity contribution in [2.45, 2.75) is 39.2 Å². The first-order chi connectivity index (χ1) is 8.72. The molecule has 0 bridgehead atoms. The van der Waals surface area contributed by atoms with E-state index in [0.29, 0.717) is 12.6 Å². The first-order valence-electron chi connectivity index (χ1n) is 7.16. The number of allylic oxidation sites excluding steroid dienone is 2. The van der Waals surface area contributed by atoms with Crippen molar-refractivity contribution in [1.29, 1.82) is 0 Å². The Morgan fingerprint density at radius 3 is 3.06 bits per heavy atom. The van der Waals surface area contributed by atoms with Crippen LogP contribution in [0.1, 0.15) is 33.1 Å². The molecular weight excluding hydrogens is 226 g/mol. The fourth-order valence-corrected chi connectivity index (χ4v) is 2.82. The molecule has 1 aliphatic carbocycles. The minimum atomic E-state index is 0.263. The van der Waals surface area contributed by atoms with Crippen LogP contribution in [0.5, 0.6) is 0 Å². The third kappa shape index (κ3) is 3.12. The lowest BCUT2D eigenvalue weighted by atomic mass is 10.2. The van der Waals surface area contributed by atoms with Gasteiger partial charge in [0.25, 0.3) is 0 Å². The van der Waals surface area contributed by atoms with Crippen LogP contribution in [0.3, 0.4) is 0 Å². The molecule has 0 aromatic carbocycles. The lowest BCUT2D eigenvalue weighted by molar-refractivity contribution is -0.131. The average Bonchev–Trinajstić information content (AvgIpc) is 2.87. The Labute approximate surface area is 110 Å². The molecule has 0 saturated carbocycles. The molecule has 2 aliphatic rings. The highest BCUT2D eigenvalue weighted by Gasteiger charge is 2.24. The molecule has 1 N–H and O–H groups in total. The molecule has 0 radical (unpaired) electrons. The van der Waals surface area contributed by atoms with Crippen molar-refractivity contribution in [3.8, 4) is 0 Å². The summed E-state index contributed by atoms with van der Waals surface area (Å²) in [4.78, 5) is 16.7. The second-order valence-corrected chi connectivity index (χ2v) is 5.25. The molecule has 4 heteroatoms. The van der Waals surface area contributed by atoms with Crippen LogP contribution in [-0.4, -0.2) is 54.5 Å². The largest absolute Gasteiger partial charge is 0.316 e. The number of rotatable bonds is 4. The van der Waals surface area contributed by atoms with E-state index in [1.165, 1.54) is 12.1 Å². The molecule has 1 saturated heterocycles. The zero-order chi connectivity index (χ0) is 13.0. The molecule has 1 amide bonds. The molecule has 1 fully saturated rings. The van der Waals surface area contributed by atoms with E-state index in [2.05, 4.69) is 30.1 Å². The molecule has 2 rings (SSSR count). The highest BCUT2D eigenvalue weighted by atomic mass is 16.2. The van der Waals surface area contributed by atoms with E-state index in [9.17, 15) is 4.79 Å². The van der Waals surface area contributed by atoms with Crippen LogP contribution in [0.25, 0.3) is 0 Å². The van der Waals surface area contributed by atoms with Crippen LogP contribution in [0.2, 0.25) is 0 Å². The summed E-state index contributed by atoms with van der Waals surface area (Å²) >= 11 is 0. The Kier molecular flexibility index (Phi) is 4.78. The lowest BCUT2D eigenvalue weighted by Crippen LogP contribution is -2.53. The number of likely N-dealkylation sites (N-methyl/N-ethyl adjacent to an activating group) is 1. The van der Waals surface area contributed by atoms with Gasteiger partial charge >= 0.3 is 0 Å². The molecule has 102 valence electrons. The lowest BCUT2D eigenvalue weighted by Gasteiger charge is -2.35. The van der Waals surface area contributed by atoms with E-state index < -0.39 is 0 Å². The zero-order valence-electron chi connectivity index (χ0n) is 11.6. The molecule has 18 heavy (non-hydrogen) atoms.